The summed E-state index contributed by atoms with van der Waals surface area (Å²) in [5, 5.41) is 6.18. The van der Waals surface area contributed by atoms with Gasteiger partial charge in [0, 0.05) is 25.0 Å². The summed E-state index contributed by atoms with van der Waals surface area (Å²) in [6.45, 7) is 1.14. The van der Waals surface area contributed by atoms with Crippen LogP contribution in [0.3, 0.4) is 0 Å². The highest BCUT2D eigenvalue weighted by Crippen LogP contribution is 2.26. The summed E-state index contributed by atoms with van der Waals surface area (Å²) < 4.78 is 4.76. The highest BCUT2D eigenvalue weighted by atomic mass is 16.5. The van der Waals surface area contributed by atoms with Crippen molar-refractivity contribution in [2.45, 2.75) is 19.3 Å². The predicted molar refractivity (Wildman–Crippen MR) is 72.8 cm³/mol. The molecule has 1 aliphatic rings. The highest BCUT2D eigenvalue weighted by molar-refractivity contribution is 5.91. The van der Waals surface area contributed by atoms with Crippen molar-refractivity contribution in [2.75, 3.05) is 30.9 Å². The zero-order valence-corrected chi connectivity index (χ0v) is 10.7. The Balaban J connectivity index is 1.78. The van der Waals surface area contributed by atoms with Gasteiger partial charge in [0.1, 0.15) is 6.61 Å². The summed E-state index contributed by atoms with van der Waals surface area (Å²) in [6.07, 6.45) is 4.06. The van der Waals surface area contributed by atoms with E-state index in [1.165, 1.54) is 26.4 Å². The van der Waals surface area contributed by atoms with E-state index in [9.17, 15) is 4.79 Å². The first-order chi connectivity index (χ1) is 8.78. The Morgan fingerprint density at radius 1 is 1.28 bits per heavy atom. The fourth-order valence-electron chi connectivity index (χ4n) is 1.96. The zero-order chi connectivity index (χ0) is 12.8. The smallest absolute Gasteiger partial charge is 0.250 e. The minimum atomic E-state index is -0.132. The fourth-order valence-corrected chi connectivity index (χ4v) is 1.96. The van der Waals surface area contributed by atoms with E-state index in [-0.39, 0.29) is 12.5 Å². The van der Waals surface area contributed by atoms with E-state index < -0.39 is 0 Å². The van der Waals surface area contributed by atoms with Gasteiger partial charge in [0.25, 0.3) is 0 Å². The molecule has 1 fully saturated rings. The van der Waals surface area contributed by atoms with E-state index in [0.29, 0.717) is 0 Å². The van der Waals surface area contributed by atoms with Crippen molar-refractivity contribution in [1.29, 1.82) is 0 Å². The molecule has 0 unspecified atom stereocenters. The molecular weight excluding hydrogens is 228 g/mol. The molecule has 1 saturated carbocycles. The van der Waals surface area contributed by atoms with Crippen LogP contribution in [0.5, 0.6) is 0 Å². The summed E-state index contributed by atoms with van der Waals surface area (Å²) in [5.74, 6) is 0.707. The summed E-state index contributed by atoms with van der Waals surface area (Å²) in [4.78, 5) is 11.3. The first-order valence-electron chi connectivity index (χ1n) is 6.40. The van der Waals surface area contributed by atoms with Gasteiger partial charge in [-0.2, -0.15) is 0 Å². The summed E-state index contributed by atoms with van der Waals surface area (Å²) in [7, 11) is 1.51. The largest absolute Gasteiger partial charge is 0.385 e. The van der Waals surface area contributed by atoms with Gasteiger partial charge in [0.2, 0.25) is 5.91 Å². The van der Waals surface area contributed by atoms with Gasteiger partial charge >= 0.3 is 0 Å². The van der Waals surface area contributed by atoms with E-state index in [1.807, 2.05) is 24.3 Å². The third-order valence-electron chi connectivity index (χ3n) is 3.26. The van der Waals surface area contributed by atoms with Crippen molar-refractivity contribution < 1.29 is 9.53 Å². The number of hydrogen-bond acceptors (Lipinski definition) is 3. The number of carbonyl (C=O) groups is 1. The van der Waals surface area contributed by atoms with Gasteiger partial charge in [-0.05, 0) is 43.0 Å². The van der Waals surface area contributed by atoms with E-state index in [4.69, 9.17) is 4.74 Å². The van der Waals surface area contributed by atoms with Gasteiger partial charge in [0.05, 0.1) is 0 Å². The van der Waals surface area contributed by atoms with Gasteiger partial charge in [-0.3, -0.25) is 4.79 Å². The van der Waals surface area contributed by atoms with Crippen LogP contribution in [0.25, 0.3) is 0 Å². The lowest BCUT2D eigenvalue weighted by Crippen LogP contribution is -2.20. The predicted octanol–water partition coefficient (Wildman–Crippen LogP) is 2.48. The normalized spacial score (nSPS) is 14.9. The second-order valence-electron chi connectivity index (χ2n) is 4.74. The first kappa shape index (κ1) is 12.9. The van der Waals surface area contributed by atoms with Crippen LogP contribution < -0.4 is 10.6 Å². The molecule has 0 saturated heterocycles. The lowest BCUT2D eigenvalue weighted by atomic mass is 9.85. The lowest BCUT2D eigenvalue weighted by molar-refractivity contribution is -0.119. The van der Waals surface area contributed by atoms with Gasteiger partial charge in [-0.1, -0.05) is 6.42 Å². The van der Waals surface area contributed by atoms with Gasteiger partial charge in [0.15, 0.2) is 0 Å². The van der Waals surface area contributed by atoms with E-state index in [2.05, 4.69) is 10.6 Å². The van der Waals surface area contributed by atoms with Crippen LogP contribution in [-0.2, 0) is 9.53 Å². The van der Waals surface area contributed by atoms with E-state index in [0.717, 1.165) is 23.8 Å². The Morgan fingerprint density at radius 2 is 1.94 bits per heavy atom. The second kappa shape index (κ2) is 6.40. The van der Waals surface area contributed by atoms with Crippen LogP contribution >= 0.6 is 0 Å². The third kappa shape index (κ3) is 3.74. The zero-order valence-electron chi connectivity index (χ0n) is 10.7. The molecule has 0 aliphatic heterocycles. The molecule has 1 aliphatic carbocycles. The summed E-state index contributed by atoms with van der Waals surface area (Å²) in [5.41, 5.74) is 1.90. The SMILES string of the molecule is COCC(=O)Nc1ccc(NCC2CCC2)cc1. The molecule has 98 valence electrons. The molecule has 0 aromatic heterocycles. The maximum absolute atomic E-state index is 11.3. The quantitative estimate of drug-likeness (QED) is 0.813. The molecule has 0 radical (unpaired) electrons. The Morgan fingerprint density at radius 3 is 2.50 bits per heavy atom. The summed E-state index contributed by atoms with van der Waals surface area (Å²) in [6, 6.07) is 7.77. The van der Waals surface area contributed by atoms with Crippen LogP contribution in [0, 0.1) is 5.92 Å². The van der Waals surface area contributed by atoms with Crippen molar-refractivity contribution in [3.05, 3.63) is 24.3 Å². The topological polar surface area (TPSA) is 50.4 Å². The molecule has 4 heteroatoms. The first-order valence-corrected chi connectivity index (χ1v) is 6.40. The monoisotopic (exact) mass is 248 g/mol. The number of anilines is 2. The molecule has 2 rings (SSSR count). The highest BCUT2D eigenvalue weighted by Gasteiger charge is 2.16. The minimum absolute atomic E-state index is 0.0850. The lowest BCUT2D eigenvalue weighted by Gasteiger charge is -2.25. The number of hydrogen-bond donors (Lipinski definition) is 2. The van der Waals surface area contributed by atoms with Crippen molar-refractivity contribution in [3.8, 4) is 0 Å². The minimum Gasteiger partial charge on any atom is -0.385 e. The number of ether oxygens (including phenoxy) is 1. The standard InChI is InChI=1S/C14H20N2O2/c1-18-10-14(17)16-13-7-5-12(6-8-13)15-9-11-3-2-4-11/h5-8,11,15H,2-4,9-10H2,1H3,(H,16,17). The number of amides is 1. The van der Waals surface area contributed by atoms with Gasteiger partial charge < -0.3 is 15.4 Å². The molecular formula is C14H20N2O2. The number of methoxy groups -OCH3 is 1. The van der Waals surface area contributed by atoms with Crippen LogP contribution in [0.15, 0.2) is 24.3 Å². The van der Waals surface area contributed by atoms with Crippen molar-refractivity contribution in [2.24, 2.45) is 5.92 Å². The molecule has 0 atom stereocenters. The van der Waals surface area contributed by atoms with Crippen LogP contribution in [0.4, 0.5) is 11.4 Å². The molecule has 4 nitrogen and oxygen atoms in total. The number of benzene rings is 1. The third-order valence-corrected chi connectivity index (χ3v) is 3.26. The molecule has 0 heterocycles. The number of carbonyl (C=O) groups excluding carboxylic acids is 1. The van der Waals surface area contributed by atoms with Crippen LogP contribution in [0.2, 0.25) is 0 Å². The fraction of sp³-hybridized carbons (Fsp3) is 0.500. The van der Waals surface area contributed by atoms with Crippen LogP contribution in [0.1, 0.15) is 19.3 Å². The maximum atomic E-state index is 11.3. The van der Waals surface area contributed by atoms with Crippen molar-refractivity contribution >= 4 is 17.3 Å². The molecule has 2 N–H and O–H groups in total. The Labute approximate surface area is 108 Å². The number of rotatable bonds is 6. The number of nitrogens with one attached hydrogen (secondary N) is 2. The summed E-state index contributed by atoms with van der Waals surface area (Å²) >= 11 is 0. The maximum Gasteiger partial charge on any atom is 0.250 e. The molecule has 0 bridgehead atoms. The van der Waals surface area contributed by atoms with Gasteiger partial charge in [-0.25, -0.2) is 0 Å². The van der Waals surface area contributed by atoms with Crippen LogP contribution in [-0.4, -0.2) is 26.2 Å². The average molecular weight is 248 g/mol. The molecule has 0 spiro atoms. The molecule has 1 amide bonds. The van der Waals surface area contributed by atoms with Gasteiger partial charge in [-0.15, -0.1) is 0 Å². The van der Waals surface area contributed by atoms with E-state index in [1.54, 1.807) is 0 Å². The molecule has 1 aromatic rings. The van der Waals surface area contributed by atoms with Crippen molar-refractivity contribution in [3.63, 3.8) is 0 Å². The Kier molecular flexibility index (Phi) is 4.59. The molecule has 18 heavy (non-hydrogen) atoms. The Hall–Kier alpha value is -1.55. The Bertz CT molecular complexity index is 385. The second-order valence-corrected chi connectivity index (χ2v) is 4.74. The average Bonchev–Trinajstić information content (AvgIpc) is 2.29. The van der Waals surface area contributed by atoms with E-state index >= 15 is 0 Å². The molecule has 1 aromatic carbocycles. The van der Waals surface area contributed by atoms with Crippen molar-refractivity contribution in [1.82, 2.24) is 0 Å².